The zero-order chi connectivity index (χ0) is 10.4. The number of nitrogens with two attached hydrogens (primary N) is 1. The highest BCUT2D eigenvalue weighted by atomic mass is 16.5. The molecule has 14 heavy (non-hydrogen) atoms. The van der Waals surface area contributed by atoms with Crippen molar-refractivity contribution in [2.24, 2.45) is 11.7 Å². The van der Waals surface area contributed by atoms with E-state index in [0.717, 1.165) is 12.8 Å². The fourth-order valence-corrected chi connectivity index (χ4v) is 1.07. The third-order valence-corrected chi connectivity index (χ3v) is 2.04. The normalized spacial score (nSPS) is 13.1. The van der Waals surface area contributed by atoms with Crippen LogP contribution in [0, 0.1) is 5.92 Å². The number of ether oxygens (including phenoxy) is 1. The standard InChI is InChI=1S/C9H17N3O2/c1-7(5-10)3-4-9-11-8(6-13-2)12-14-9/h7H,3-6,10H2,1-2H3. The summed E-state index contributed by atoms with van der Waals surface area (Å²) in [4.78, 5) is 4.16. The summed E-state index contributed by atoms with van der Waals surface area (Å²) >= 11 is 0. The lowest BCUT2D eigenvalue weighted by atomic mass is 10.1. The van der Waals surface area contributed by atoms with E-state index >= 15 is 0 Å². The number of hydrogen-bond donors (Lipinski definition) is 1. The minimum absolute atomic E-state index is 0.399. The molecule has 0 bridgehead atoms. The van der Waals surface area contributed by atoms with Gasteiger partial charge >= 0.3 is 0 Å². The Bertz CT molecular complexity index is 262. The van der Waals surface area contributed by atoms with Crippen molar-refractivity contribution in [2.75, 3.05) is 13.7 Å². The third kappa shape index (κ3) is 3.43. The minimum Gasteiger partial charge on any atom is -0.377 e. The van der Waals surface area contributed by atoms with Gasteiger partial charge in [-0.15, -0.1) is 0 Å². The van der Waals surface area contributed by atoms with E-state index in [1.54, 1.807) is 7.11 Å². The highest BCUT2D eigenvalue weighted by Gasteiger charge is 2.07. The van der Waals surface area contributed by atoms with Crippen molar-refractivity contribution in [3.05, 3.63) is 11.7 Å². The van der Waals surface area contributed by atoms with Gasteiger partial charge in [0.05, 0.1) is 0 Å². The zero-order valence-corrected chi connectivity index (χ0v) is 8.69. The summed E-state index contributed by atoms with van der Waals surface area (Å²) in [6.45, 7) is 3.20. The Morgan fingerprint density at radius 1 is 1.57 bits per heavy atom. The number of rotatable bonds is 6. The molecule has 0 amide bonds. The summed E-state index contributed by atoms with van der Waals surface area (Å²) in [6.07, 6.45) is 1.76. The Morgan fingerprint density at radius 2 is 2.36 bits per heavy atom. The van der Waals surface area contributed by atoms with Crippen LogP contribution in [0.25, 0.3) is 0 Å². The van der Waals surface area contributed by atoms with Crippen LogP contribution in [0.3, 0.4) is 0 Å². The van der Waals surface area contributed by atoms with Gasteiger partial charge in [0, 0.05) is 13.5 Å². The van der Waals surface area contributed by atoms with Gasteiger partial charge < -0.3 is 15.0 Å². The van der Waals surface area contributed by atoms with Crippen LogP contribution in [-0.4, -0.2) is 23.8 Å². The topological polar surface area (TPSA) is 74.2 Å². The summed E-state index contributed by atoms with van der Waals surface area (Å²) in [7, 11) is 1.60. The molecule has 1 aromatic rings. The molecule has 0 fully saturated rings. The molecule has 1 heterocycles. The molecule has 1 unspecified atom stereocenters. The summed E-state index contributed by atoms with van der Waals surface area (Å²) in [6, 6.07) is 0. The van der Waals surface area contributed by atoms with E-state index < -0.39 is 0 Å². The smallest absolute Gasteiger partial charge is 0.226 e. The number of aromatic nitrogens is 2. The molecule has 80 valence electrons. The summed E-state index contributed by atoms with van der Waals surface area (Å²) in [5.74, 6) is 1.76. The fourth-order valence-electron chi connectivity index (χ4n) is 1.07. The summed E-state index contributed by atoms with van der Waals surface area (Å²) in [5.41, 5.74) is 5.50. The van der Waals surface area contributed by atoms with Crippen molar-refractivity contribution in [3.8, 4) is 0 Å². The van der Waals surface area contributed by atoms with Gasteiger partial charge in [-0.1, -0.05) is 12.1 Å². The maximum atomic E-state index is 5.50. The average Bonchev–Trinajstić information content (AvgIpc) is 2.63. The van der Waals surface area contributed by atoms with Crippen LogP contribution in [0.2, 0.25) is 0 Å². The van der Waals surface area contributed by atoms with Crippen molar-refractivity contribution in [2.45, 2.75) is 26.4 Å². The van der Waals surface area contributed by atoms with Crippen molar-refractivity contribution in [1.82, 2.24) is 10.1 Å². The molecule has 0 saturated carbocycles. The molecular weight excluding hydrogens is 182 g/mol. The van der Waals surface area contributed by atoms with E-state index in [4.69, 9.17) is 15.0 Å². The lowest BCUT2D eigenvalue weighted by Gasteiger charge is -2.03. The fraction of sp³-hybridized carbons (Fsp3) is 0.778. The van der Waals surface area contributed by atoms with Gasteiger partial charge in [0.25, 0.3) is 0 Å². The number of hydrogen-bond acceptors (Lipinski definition) is 5. The van der Waals surface area contributed by atoms with Crippen LogP contribution in [0.15, 0.2) is 4.52 Å². The number of nitrogens with zero attached hydrogens (tertiary/aromatic N) is 2. The van der Waals surface area contributed by atoms with E-state index in [1.165, 1.54) is 0 Å². The highest BCUT2D eigenvalue weighted by Crippen LogP contribution is 2.07. The van der Waals surface area contributed by atoms with E-state index in [-0.39, 0.29) is 0 Å². The van der Waals surface area contributed by atoms with Crippen LogP contribution in [0.4, 0.5) is 0 Å². The minimum atomic E-state index is 0.399. The largest absolute Gasteiger partial charge is 0.377 e. The molecule has 0 aliphatic carbocycles. The number of aryl methyl sites for hydroxylation is 1. The predicted molar refractivity (Wildman–Crippen MR) is 51.6 cm³/mol. The molecule has 2 N–H and O–H groups in total. The monoisotopic (exact) mass is 199 g/mol. The zero-order valence-electron chi connectivity index (χ0n) is 8.69. The van der Waals surface area contributed by atoms with E-state index in [0.29, 0.717) is 30.8 Å². The first-order chi connectivity index (χ1) is 6.76. The van der Waals surface area contributed by atoms with Gasteiger partial charge in [0.1, 0.15) is 6.61 Å². The lowest BCUT2D eigenvalue weighted by molar-refractivity contribution is 0.174. The van der Waals surface area contributed by atoms with Crippen molar-refractivity contribution >= 4 is 0 Å². The maximum Gasteiger partial charge on any atom is 0.226 e. The second kappa shape index (κ2) is 5.72. The SMILES string of the molecule is COCc1noc(CCC(C)CN)n1. The molecule has 0 aliphatic heterocycles. The van der Waals surface area contributed by atoms with Gasteiger partial charge in [-0.2, -0.15) is 4.98 Å². The summed E-state index contributed by atoms with van der Waals surface area (Å²) < 4.78 is 9.91. The van der Waals surface area contributed by atoms with Crippen LogP contribution >= 0.6 is 0 Å². The highest BCUT2D eigenvalue weighted by molar-refractivity contribution is 4.84. The Morgan fingerprint density at radius 3 is 3.00 bits per heavy atom. The average molecular weight is 199 g/mol. The molecule has 0 spiro atoms. The number of methoxy groups -OCH3 is 1. The predicted octanol–water partition coefficient (Wildman–Crippen LogP) is 0.743. The molecule has 5 nitrogen and oxygen atoms in total. The molecule has 0 radical (unpaired) electrons. The molecule has 1 rings (SSSR count). The van der Waals surface area contributed by atoms with Crippen LogP contribution < -0.4 is 5.73 Å². The van der Waals surface area contributed by atoms with Gasteiger partial charge in [-0.3, -0.25) is 0 Å². The van der Waals surface area contributed by atoms with Crippen molar-refractivity contribution in [3.63, 3.8) is 0 Å². The van der Waals surface area contributed by atoms with E-state index in [9.17, 15) is 0 Å². The maximum absolute atomic E-state index is 5.50. The van der Waals surface area contributed by atoms with Crippen molar-refractivity contribution in [1.29, 1.82) is 0 Å². The van der Waals surface area contributed by atoms with Gasteiger partial charge in [0.15, 0.2) is 5.82 Å². The lowest BCUT2D eigenvalue weighted by Crippen LogP contribution is -2.11. The summed E-state index contributed by atoms with van der Waals surface area (Å²) in [5, 5.41) is 3.77. The first-order valence-corrected chi connectivity index (χ1v) is 4.76. The molecule has 0 aliphatic rings. The molecular formula is C9H17N3O2. The molecule has 1 aromatic heterocycles. The van der Waals surface area contributed by atoms with Gasteiger partial charge in [-0.25, -0.2) is 0 Å². The molecule has 5 heteroatoms. The molecule has 0 aromatic carbocycles. The quantitative estimate of drug-likeness (QED) is 0.731. The second-order valence-electron chi connectivity index (χ2n) is 3.42. The van der Waals surface area contributed by atoms with Gasteiger partial charge in [0.2, 0.25) is 5.89 Å². The van der Waals surface area contributed by atoms with E-state index in [1.807, 2.05) is 0 Å². The molecule has 1 atom stereocenters. The Kier molecular flexibility index (Phi) is 4.55. The Hall–Kier alpha value is -0.940. The first-order valence-electron chi connectivity index (χ1n) is 4.76. The molecule has 0 saturated heterocycles. The van der Waals surface area contributed by atoms with E-state index in [2.05, 4.69) is 17.1 Å². The first kappa shape index (κ1) is 11.1. The third-order valence-electron chi connectivity index (χ3n) is 2.04. The van der Waals surface area contributed by atoms with Crippen LogP contribution in [0.1, 0.15) is 25.1 Å². The Balaban J connectivity index is 2.35. The van der Waals surface area contributed by atoms with Gasteiger partial charge in [-0.05, 0) is 18.9 Å². The van der Waals surface area contributed by atoms with Crippen LogP contribution in [-0.2, 0) is 17.8 Å². The van der Waals surface area contributed by atoms with Crippen LogP contribution in [0.5, 0.6) is 0 Å². The van der Waals surface area contributed by atoms with Crippen molar-refractivity contribution < 1.29 is 9.26 Å². The Labute approximate surface area is 83.6 Å². The second-order valence-corrected chi connectivity index (χ2v) is 3.42.